The molecule has 0 radical (unpaired) electrons. The van der Waals surface area contributed by atoms with Gasteiger partial charge in [0.25, 0.3) is 0 Å². The van der Waals surface area contributed by atoms with Crippen molar-refractivity contribution in [3.8, 4) is 0 Å². The van der Waals surface area contributed by atoms with E-state index in [1.165, 1.54) is 0 Å². The minimum Gasteiger partial charge on any atom is -0.392 e. The number of H-pyrrole nitrogens is 1. The monoisotopic (exact) mass is 392 g/mol. The van der Waals surface area contributed by atoms with Gasteiger partial charge in [-0.15, -0.1) is 0 Å². The lowest BCUT2D eigenvalue weighted by Gasteiger charge is -2.38. The van der Waals surface area contributed by atoms with Crippen LogP contribution in [0, 0.1) is 5.92 Å². The van der Waals surface area contributed by atoms with Crippen LogP contribution in [0.25, 0.3) is 6.08 Å². The first-order valence-corrected chi connectivity index (χ1v) is 11.1. The third kappa shape index (κ3) is 4.87. The Balaban J connectivity index is 1.63. The van der Waals surface area contributed by atoms with E-state index in [1.54, 1.807) is 0 Å². The van der Waals surface area contributed by atoms with Crippen molar-refractivity contribution in [1.82, 2.24) is 9.88 Å². The Hall–Kier alpha value is -1.17. The van der Waals surface area contributed by atoms with Gasteiger partial charge in [-0.25, -0.2) is 4.39 Å². The van der Waals surface area contributed by atoms with Crippen LogP contribution in [0.15, 0.2) is 12.3 Å². The zero-order chi connectivity index (χ0) is 20.1. The van der Waals surface area contributed by atoms with Crippen molar-refractivity contribution < 1.29 is 14.6 Å². The Morgan fingerprint density at radius 1 is 1.25 bits per heavy atom. The molecule has 1 aromatic heterocycles. The molecule has 1 fully saturated rings. The van der Waals surface area contributed by atoms with Crippen molar-refractivity contribution >= 4 is 6.08 Å². The van der Waals surface area contributed by atoms with E-state index < -0.39 is 12.3 Å². The number of hydrogen-bond donors (Lipinski definition) is 3. The van der Waals surface area contributed by atoms with Crippen LogP contribution in [-0.2, 0) is 0 Å². The van der Waals surface area contributed by atoms with Crippen LogP contribution in [-0.4, -0.2) is 51.9 Å². The number of β-amino-alcohol motifs (C(OH)–C–C–N with tert-alkyl or cyclic N) is 2. The Morgan fingerprint density at radius 3 is 2.68 bits per heavy atom. The fourth-order valence-corrected chi connectivity index (χ4v) is 5.06. The number of alkyl halides is 1. The van der Waals surface area contributed by atoms with Crippen molar-refractivity contribution in [2.24, 2.45) is 5.92 Å². The molecule has 4 unspecified atom stereocenters. The molecular weight excluding hydrogens is 355 g/mol. The molecule has 1 aromatic rings. The molecule has 4 nitrogen and oxygen atoms in total. The number of hydrogen-bond acceptors (Lipinski definition) is 3. The molecule has 1 aliphatic carbocycles. The Kier molecular flexibility index (Phi) is 7.72. The first-order chi connectivity index (χ1) is 13.5. The predicted molar refractivity (Wildman–Crippen MR) is 112 cm³/mol. The van der Waals surface area contributed by atoms with Crippen LogP contribution in [0.4, 0.5) is 4.39 Å². The summed E-state index contributed by atoms with van der Waals surface area (Å²) in [5, 5.41) is 21.5. The topological polar surface area (TPSA) is 59.5 Å². The van der Waals surface area contributed by atoms with Crippen LogP contribution in [0.5, 0.6) is 0 Å². The Bertz CT molecular complexity index is 639. The molecule has 0 bridgehead atoms. The van der Waals surface area contributed by atoms with Gasteiger partial charge in [0.05, 0.1) is 12.2 Å². The lowest BCUT2D eigenvalue weighted by molar-refractivity contribution is 0.00645. The number of likely N-dealkylation sites (tertiary alicyclic amines) is 1. The van der Waals surface area contributed by atoms with Crippen LogP contribution in [0.1, 0.15) is 87.7 Å². The van der Waals surface area contributed by atoms with Crippen molar-refractivity contribution in [2.45, 2.75) is 83.1 Å². The number of nitrogens with one attached hydrogen (secondary N) is 1. The summed E-state index contributed by atoms with van der Waals surface area (Å²) in [6, 6.07) is 0. The fraction of sp³-hybridized carbons (Fsp3) is 0.739. The number of aromatic nitrogens is 1. The SMILES string of the molecule is CCCC(CCC)C(O)CN1CCC(c2c[nH]c3c2C(F)CCC=C3)C(O)C1. The van der Waals surface area contributed by atoms with Crippen LogP contribution < -0.4 is 0 Å². The van der Waals surface area contributed by atoms with Crippen molar-refractivity contribution in [3.05, 3.63) is 29.1 Å². The number of aliphatic hydroxyl groups is 2. The van der Waals surface area contributed by atoms with Gasteiger partial charge in [-0.05, 0) is 56.2 Å². The molecule has 3 N–H and O–H groups in total. The van der Waals surface area contributed by atoms with Crippen LogP contribution >= 0.6 is 0 Å². The molecule has 1 saturated heterocycles. The van der Waals surface area contributed by atoms with Gasteiger partial charge in [-0.1, -0.05) is 32.8 Å². The highest BCUT2D eigenvalue weighted by Gasteiger charge is 2.34. The van der Waals surface area contributed by atoms with Gasteiger partial charge in [-0.2, -0.15) is 0 Å². The standard InChI is InChI=1S/C23H37FN2O2/c1-3-7-16(8-4-2)21(27)14-26-12-11-17(22(28)15-26)18-13-25-20-10-6-5-9-19(24)23(18)20/h6,10,13,16-17,19,21-22,25,27-28H,3-5,7-9,11-12,14-15H2,1-2H3. The Morgan fingerprint density at radius 2 is 2.00 bits per heavy atom. The molecular formula is C23H37FN2O2. The number of aliphatic hydroxyl groups excluding tert-OH is 2. The highest BCUT2D eigenvalue weighted by molar-refractivity contribution is 5.55. The molecule has 0 amide bonds. The first-order valence-electron chi connectivity index (χ1n) is 11.1. The number of allylic oxidation sites excluding steroid dienone is 1. The highest BCUT2D eigenvalue weighted by Crippen LogP contribution is 2.39. The largest absolute Gasteiger partial charge is 0.392 e. The summed E-state index contributed by atoms with van der Waals surface area (Å²) >= 11 is 0. The number of piperidine rings is 1. The highest BCUT2D eigenvalue weighted by atomic mass is 19.1. The molecule has 28 heavy (non-hydrogen) atoms. The quantitative estimate of drug-likeness (QED) is 0.608. The fourth-order valence-electron chi connectivity index (χ4n) is 5.06. The average molecular weight is 393 g/mol. The predicted octanol–water partition coefficient (Wildman–Crippen LogP) is 4.56. The van der Waals surface area contributed by atoms with Crippen LogP contribution in [0.2, 0.25) is 0 Å². The van der Waals surface area contributed by atoms with Crippen molar-refractivity contribution in [3.63, 3.8) is 0 Å². The van der Waals surface area contributed by atoms with Gasteiger partial charge < -0.3 is 15.2 Å². The first kappa shape index (κ1) is 21.5. The molecule has 0 aromatic carbocycles. The summed E-state index contributed by atoms with van der Waals surface area (Å²) in [5.74, 6) is 0.296. The third-order valence-electron chi connectivity index (χ3n) is 6.54. The number of halogens is 1. The van der Waals surface area contributed by atoms with E-state index in [9.17, 15) is 14.6 Å². The summed E-state index contributed by atoms with van der Waals surface area (Å²) in [7, 11) is 0. The van der Waals surface area contributed by atoms with E-state index in [1.807, 2.05) is 18.3 Å². The summed E-state index contributed by atoms with van der Waals surface area (Å²) in [6.07, 6.45) is 10.4. The van der Waals surface area contributed by atoms with Gasteiger partial charge in [0.1, 0.15) is 6.17 Å². The smallest absolute Gasteiger partial charge is 0.128 e. The normalized spacial score (nSPS) is 27.0. The maximum atomic E-state index is 14.7. The van der Waals surface area contributed by atoms with Crippen molar-refractivity contribution in [2.75, 3.05) is 19.6 Å². The second-order valence-electron chi connectivity index (χ2n) is 8.65. The second-order valence-corrected chi connectivity index (χ2v) is 8.65. The summed E-state index contributed by atoms with van der Waals surface area (Å²) < 4.78 is 14.7. The van der Waals surface area contributed by atoms with Gasteiger partial charge >= 0.3 is 0 Å². The number of aromatic amines is 1. The minimum atomic E-state index is -0.970. The lowest BCUT2D eigenvalue weighted by Crippen LogP contribution is -2.47. The molecule has 0 saturated carbocycles. The van der Waals surface area contributed by atoms with Crippen molar-refractivity contribution in [1.29, 1.82) is 0 Å². The summed E-state index contributed by atoms with van der Waals surface area (Å²) in [4.78, 5) is 5.39. The van der Waals surface area contributed by atoms with E-state index >= 15 is 0 Å². The van der Waals surface area contributed by atoms with E-state index in [-0.39, 0.29) is 12.0 Å². The second kappa shape index (κ2) is 10.0. The van der Waals surface area contributed by atoms with E-state index in [4.69, 9.17) is 0 Å². The maximum absolute atomic E-state index is 14.7. The molecule has 5 heteroatoms. The molecule has 3 rings (SSSR count). The molecule has 4 atom stereocenters. The van der Waals surface area contributed by atoms with Gasteiger partial charge in [-0.3, -0.25) is 4.90 Å². The van der Waals surface area contributed by atoms with E-state index in [0.29, 0.717) is 25.4 Å². The van der Waals surface area contributed by atoms with E-state index in [2.05, 4.69) is 23.7 Å². The molecule has 2 aliphatic rings. The Labute approximate surface area is 168 Å². The maximum Gasteiger partial charge on any atom is 0.128 e. The minimum absolute atomic E-state index is 0.0415. The summed E-state index contributed by atoms with van der Waals surface area (Å²) in [6.45, 7) is 6.32. The number of nitrogens with zero attached hydrogens (tertiary/aromatic N) is 1. The molecule has 158 valence electrons. The lowest BCUT2D eigenvalue weighted by atomic mass is 9.84. The van der Waals surface area contributed by atoms with Crippen LogP contribution in [0.3, 0.4) is 0 Å². The number of fused-ring (bicyclic) bond motifs is 1. The van der Waals surface area contributed by atoms with E-state index in [0.717, 1.165) is 61.9 Å². The molecule has 0 spiro atoms. The molecule has 1 aliphatic heterocycles. The third-order valence-corrected chi connectivity index (χ3v) is 6.54. The number of rotatable bonds is 8. The molecule has 2 heterocycles. The van der Waals surface area contributed by atoms with Gasteiger partial charge in [0.2, 0.25) is 0 Å². The van der Waals surface area contributed by atoms with Gasteiger partial charge in [0.15, 0.2) is 0 Å². The average Bonchev–Trinajstić information content (AvgIpc) is 2.99. The summed E-state index contributed by atoms with van der Waals surface area (Å²) in [5.41, 5.74) is 2.54. The zero-order valence-corrected chi connectivity index (χ0v) is 17.4. The zero-order valence-electron chi connectivity index (χ0n) is 17.4. The van der Waals surface area contributed by atoms with Gasteiger partial charge in [0, 0.05) is 36.5 Å².